The molecule has 0 aliphatic heterocycles. The lowest BCUT2D eigenvalue weighted by atomic mass is 10.3. The third-order valence-electron chi connectivity index (χ3n) is 3.44. The summed E-state index contributed by atoms with van der Waals surface area (Å²) in [6.45, 7) is 0.0373. The quantitative estimate of drug-likeness (QED) is 0.388. The first-order valence-electron chi connectivity index (χ1n) is 7.09. The number of terminal acetylenes is 1. The van der Waals surface area contributed by atoms with Gasteiger partial charge in [-0.1, -0.05) is 17.3 Å². The van der Waals surface area contributed by atoms with Crippen LogP contribution in [-0.2, 0) is 16.6 Å². The predicted octanol–water partition coefficient (Wildman–Crippen LogP) is 2.67. The topological polar surface area (TPSA) is 94.6 Å². The van der Waals surface area contributed by atoms with E-state index in [1.807, 2.05) is 0 Å². The fourth-order valence-electron chi connectivity index (χ4n) is 2.25. The van der Waals surface area contributed by atoms with Crippen molar-refractivity contribution >= 4 is 37.3 Å². The van der Waals surface area contributed by atoms with Crippen LogP contribution in [0, 0.1) is 28.3 Å². The van der Waals surface area contributed by atoms with Crippen LogP contribution in [-0.4, -0.2) is 17.9 Å². The van der Waals surface area contributed by atoms with Crippen LogP contribution in [0.25, 0.3) is 10.2 Å². The van der Waals surface area contributed by atoms with Crippen LogP contribution in [0.3, 0.4) is 0 Å². The number of non-ortho nitro benzene ring substituents is 1. The molecule has 1 aromatic heterocycles. The Morgan fingerprint density at radius 2 is 1.96 bits per heavy atom. The maximum absolute atomic E-state index is 13.0. The highest BCUT2D eigenvalue weighted by molar-refractivity contribution is 7.90. The monoisotopic (exact) mass is 391 g/mol. The lowest BCUT2D eigenvalue weighted by molar-refractivity contribution is -0.384. The van der Waals surface area contributed by atoms with Gasteiger partial charge in [0.1, 0.15) is 5.82 Å². The van der Waals surface area contributed by atoms with Gasteiger partial charge in [0, 0.05) is 12.1 Å². The average Bonchev–Trinajstić information content (AvgIpc) is 2.91. The van der Waals surface area contributed by atoms with Crippen molar-refractivity contribution in [2.75, 3.05) is 0 Å². The Bertz CT molecular complexity index is 1220. The smallest absolute Gasteiger partial charge is 0.285 e. The molecule has 3 aromatic rings. The fraction of sp³-hybridized carbons (Fsp3) is 0.0625. The molecule has 0 bridgehead atoms. The number of fused-ring (bicyclic) bond motifs is 1. The van der Waals surface area contributed by atoms with E-state index in [1.54, 1.807) is 0 Å². The van der Waals surface area contributed by atoms with E-state index < -0.39 is 20.8 Å². The van der Waals surface area contributed by atoms with Gasteiger partial charge in [-0.25, -0.2) is 4.39 Å². The second-order valence-corrected chi connectivity index (χ2v) is 7.72. The zero-order valence-corrected chi connectivity index (χ0v) is 14.6. The van der Waals surface area contributed by atoms with Gasteiger partial charge in [-0.3, -0.25) is 10.1 Å². The number of aromatic nitrogens is 1. The van der Waals surface area contributed by atoms with Crippen molar-refractivity contribution in [1.29, 1.82) is 0 Å². The molecule has 0 N–H and O–H groups in total. The van der Waals surface area contributed by atoms with Crippen molar-refractivity contribution in [3.8, 4) is 12.3 Å². The number of hydrogen-bond donors (Lipinski definition) is 0. The van der Waals surface area contributed by atoms with Crippen molar-refractivity contribution in [2.24, 2.45) is 4.40 Å². The predicted molar refractivity (Wildman–Crippen MR) is 94.5 cm³/mol. The summed E-state index contributed by atoms with van der Waals surface area (Å²) < 4.78 is 43.7. The molecular formula is C16H10FN3O4S2. The number of hydrogen-bond acceptors (Lipinski definition) is 5. The van der Waals surface area contributed by atoms with Crippen LogP contribution >= 0.6 is 11.3 Å². The van der Waals surface area contributed by atoms with E-state index in [1.165, 1.54) is 22.8 Å². The Balaban J connectivity index is 2.24. The molecule has 0 spiro atoms. The number of sulfonamides is 1. The third-order valence-corrected chi connectivity index (χ3v) is 5.87. The SMILES string of the molecule is C#CCn1/c(=N/S(=O)(=O)c2ccc(F)cc2)sc2cc([N+](=O)[O-])ccc21. The van der Waals surface area contributed by atoms with Gasteiger partial charge in [0.2, 0.25) is 4.80 Å². The number of rotatable bonds is 4. The molecule has 7 nitrogen and oxygen atoms in total. The lowest BCUT2D eigenvalue weighted by Gasteiger charge is -2.01. The van der Waals surface area contributed by atoms with Gasteiger partial charge >= 0.3 is 0 Å². The molecule has 0 fully saturated rings. The summed E-state index contributed by atoms with van der Waals surface area (Å²) in [5.74, 6) is 1.84. The molecule has 132 valence electrons. The molecule has 0 atom stereocenters. The summed E-state index contributed by atoms with van der Waals surface area (Å²) in [7, 11) is -4.10. The fourth-order valence-corrected chi connectivity index (χ4v) is 4.52. The van der Waals surface area contributed by atoms with E-state index >= 15 is 0 Å². The summed E-state index contributed by atoms with van der Waals surface area (Å²) >= 11 is 0.963. The third kappa shape index (κ3) is 3.35. The first-order chi connectivity index (χ1) is 12.3. The van der Waals surface area contributed by atoms with Crippen molar-refractivity contribution < 1.29 is 17.7 Å². The van der Waals surface area contributed by atoms with Crippen LogP contribution in [0.1, 0.15) is 0 Å². The van der Waals surface area contributed by atoms with Gasteiger partial charge in [-0.05, 0) is 30.3 Å². The van der Waals surface area contributed by atoms with Gasteiger partial charge in [-0.2, -0.15) is 8.42 Å². The molecule has 0 saturated heterocycles. The summed E-state index contributed by atoms with van der Waals surface area (Å²) in [5.41, 5.74) is 0.408. The number of benzene rings is 2. The van der Waals surface area contributed by atoms with Gasteiger partial charge in [-0.15, -0.1) is 10.8 Å². The molecule has 26 heavy (non-hydrogen) atoms. The maximum Gasteiger partial charge on any atom is 0.285 e. The molecule has 10 heteroatoms. The minimum Gasteiger partial charge on any atom is -0.304 e. The molecule has 1 heterocycles. The van der Waals surface area contributed by atoms with Crippen molar-refractivity contribution in [3.05, 3.63) is 63.2 Å². The highest BCUT2D eigenvalue weighted by atomic mass is 32.2. The Kier molecular flexibility index (Phi) is 4.58. The van der Waals surface area contributed by atoms with Crippen LogP contribution < -0.4 is 4.80 Å². The minimum atomic E-state index is -4.10. The molecule has 3 rings (SSSR count). The molecule has 0 radical (unpaired) electrons. The van der Waals surface area contributed by atoms with Crippen LogP contribution in [0.2, 0.25) is 0 Å². The van der Waals surface area contributed by atoms with Gasteiger partial charge < -0.3 is 4.57 Å². The van der Waals surface area contributed by atoms with E-state index in [2.05, 4.69) is 10.3 Å². The number of nitro groups is 1. The molecular weight excluding hydrogens is 381 g/mol. The number of thiazole rings is 1. The van der Waals surface area contributed by atoms with Crippen LogP contribution in [0.5, 0.6) is 0 Å². The molecule has 0 aliphatic rings. The normalized spacial score (nSPS) is 12.2. The van der Waals surface area contributed by atoms with E-state index in [-0.39, 0.29) is 21.9 Å². The van der Waals surface area contributed by atoms with E-state index in [4.69, 9.17) is 6.42 Å². The summed E-state index contributed by atoms with van der Waals surface area (Å²) in [6, 6.07) is 8.38. The standard InChI is InChI=1S/C16H10FN3O4S2/c1-2-9-19-14-8-5-12(20(21)22)10-15(14)25-16(19)18-26(23,24)13-6-3-11(17)4-7-13/h1,3-8,10H,9H2/b18-16-. The highest BCUT2D eigenvalue weighted by Crippen LogP contribution is 2.23. The van der Waals surface area contributed by atoms with Crippen LogP contribution in [0.4, 0.5) is 10.1 Å². The maximum atomic E-state index is 13.0. The van der Waals surface area contributed by atoms with Crippen molar-refractivity contribution in [1.82, 2.24) is 4.57 Å². The summed E-state index contributed by atoms with van der Waals surface area (Å²) in [4.78, 5) is 10.3. The van der Waals surface area contributed by atoms with E-state index in [9.17, 15) is 22.9 Å². The summed E-state index contributed by atoms with van der Waals surface area (Å²) in [5, 5.41) is 10.9. The zero-order valence-electron chi connectivity index (χ0n) is 13.0. The molecule has 0 unspecified atom stereocenters. The minimum absolute atomic E-state index is 0.0373. The van der Waals surface area contributed by atoms with E-state index in [0.29, 0.717) is 10.2 Å². The van der Waals surface area contributed by atoms with Gasteiger partial charge in [0.15, 0.2) is 0 Å². The zero-order chi connectivity index (χ0) is 18.9. The van der Waals surface area contributed by atoms with Crippen molar-refractivity contribution in [3.63, 3.8) is 0 Å². The van der Waals surface area contributed by atoms with Crippen molar-refractivity contribution in [2.45, 2.75) is 11.4 Å². The average molecular weight is 391 g/mol. The highest BCUT2D eigenvalue weighted by Gasteiger charge is 2.16. The van der Waals surface area contributed by atoms with Gasteiger partial charge in [0.05, 0.1) is 26.6 Å². The summed E-state index contributed by atoms with van der Waals surface area (Å²) in [6.07, 6.45) is 5.34. The van der Waals surface area contributed by atoms with E-state index in [0.717, 1.165) is 35.6 Å². The Hall–Kier alpha value is -3.03. The number of nitro benzene ring substituents is 1. The molecule has 0 aliphatic carbocycles. The first-order valence-corrected chi connectivity index (χ1v) is 9.35. The van der Waals surface area contributed by atoms with Crippen LogP contribution in [0.15, 0.2) is 51.8 Å². The number of nitrogens with zero attached hydrogens (tertiary/aromatic N) is 3. The second kappa shape index (κ2) is 6.70. The second-order valence-electron chi connectivity index (χ2n) is 5.10. The number of halogens is 1. The Labute approximate surface area is 151 Å². The first kappa shape index (κ1) is 17.8. The lowest BCUT2D eigenvalue weighted by Crippen LogP contribution is -2.16. The Morgan fingerprint density at radius 3 is 2.58 bits per heavy atom. The molecule has 0 saturated carbocycles. The molecule has 0 amide bonds. The Morgan fingerprint density at radius 1 is 1.27 bits per heavy atom. The largest absolute Gasteiger partial charge is 0.304 e. The van der Waals surface area contributed by atoms with Gasteiger partial charge in [0.25, 0.3) is 15.7 Å². The molecule has 2 aromatic carbocycles.